The molecule has 0 radical (unpaired) electrons. The van der Waals surface area contributed by atoms with E-state index in [4.69, 9.17) is 4.74 Å². The molecule has 24 heavy (non-hydrogen) atoms. The molecule has 0 spiro atoms. The van der Waals surface area contributed by atoms with Crippen LogP contribution in [0.25, 0.3) is 0 Å². The molecule has 4 heteroatoms. The maximum absolute atomic E-state index is 12.7. The zero-order chi connectivity index (χ0) is 17.5. The molecule has 3 rings (SSSR count). The predicted octanol–water partition coefficient (Wildman–Crippen LogP) is 4.13. The molecule has 0 aromatic heterocycles. The third-order valence-corrected chi connectivity index (χ3v) is 5.26. The number of piperidine rings is 2. The molecule has 0 saturated carbocycles. The summed E-state index contributed by atoms with van der Waals surface area (Å²) < 4.78 is 5.62. The minimum Gasteiger partial charge on any atom is -0.444 e. The van der Waals surface area contributed by atoms with Gasteiger partial charge in [-0.1, -0.05) is 24.3 Å². The number of nitrogens with zero attached hydrogens (tertiary/aromatic N) is 1. The second kappa shape index (κ2) is 6.07. The van der Waals surface area contributed by atoms with Crippen molar-refractivity contribution in [2.24, 2.45) is 0 Å². The van der Waals surface area contributed by atoms with Crippen LogP contribution in [-0.2, 0) is 10.3 Å². The lowest BCUT2D eigenvalue weighted by Gasteiger charge is -2.52. The summed E-state index contributed by atoms with van der Waals surface area (Å²) in [5, 5.41) is 11.4. The molecule has 2 saturated heterocycles. The van der Waals surface area contributed by atoms with Crippen LogP contribution in [0.3, 0.4) is 0 Å². The van der Waals surface area contributed by atoms with E-state index in [0.29, 0.717) is 12.8 Å². The van der Waals surface area contributed by atoms with E-state index in [-0.39, 0.29) is 18.2 Å². The molecule has 1 N–H and O–H groups in total. The number of aryl methyl sites for hydroxylation is 1. The molecule has 2 heterocycles. The smallest absolute Gasteiger partial charge is 0.410 e. The first-order valence-electron chi connectivity index (χ1n) is 8.99. The number of amides is 1. The van der Waals surface area contributed by atoms with E-state index in [1.54, 1.807) is 0 Å². The molecule has 1 aromatic carbocycles. The average molecular weight is 331 g/mol. The van der Waals surface area contributed by atoms with Gasteiger partial charge in [0, 0.05) is 24.9 Å². The van der Waals surface area contributed by atoms with E-state index < -0.39 is 11.2 Å². The van der Waals surface area contributed by atoms with Crippen LogP contribution in [0.1, 0.15) is 64.0 Å². The first-order chi connectivity index (χ1) is 11.2. The zero-order valence-electron chi connectivity index (χ0n) is 15.2. The zero-order valence-corrected chi connectivity index (χ0v) is 15.2. The molecule has 2 atom stereocenters. The van der Waals surface area contributed by atoms with Crippen molar-refractivity contribution in [3.63, 3.8) is 0 Å². The van der Waals surface area contributed by atoms with Crippen molar-refractivity contribution in [2.75, 3.05) is 0 Å². The Morgan fingerprint density at radius 3 is 2.33 bits per heavy atom. The van der Waals surface area contributed by atoms with Gasteiger partial charge in [-0.25, -0.2) is 4.79 Å². The van der Waals surface area contributed by atoms with Crippen LogP contribution < -0.4 is 0 Å². The summed E-state index contributed by atoms with van der Waals surface area (Å²) in [5.74, 6) is 0. The van der Waals surface area contributed by atoms with Crippen molar-refractivity contribution in [1.29, 1.82) is 0 Å². The fourth-order valence-corrected chi connectivity index (χ4v) is 4.36. The van der Waals surface area contributed by atoms with Gasteiger partial charge >= 0.3 is 6.09 Å². The highest BCUT2D eigenvalue weighted by molar-refractivity contribution is 5.69. The molecule has 2 aliphatic rings. The summed E-state index contributed by atoms with van der Waals surface area (Å²) in [5.41, 5.74) is 0.781. The molecular weight excluding hydrogens is 302 g/mol. The highest BCUT2D eigenvalue weighted by atomic mass is 16.6. The Kier molecular flexibility index (Phi) is 4.37. The quantitative estimate of drug-likeness (QED) is 0.841. The number of hydrogen-bond acceptors (Lipinski definition) is 3. The Hall–Kier alpha value is -1.55. The molecule has 1 aromatic rings. The number of ether oxygens (including phenoxy) is 1. The normalized spacial score (nSPS) is 30.1. The van der Waals surface area contributed by atoms with Gasteiger partial charge in [-0.05, 0) is 58.1 Å². The van der Waals surface area contributed by atoms with E-state index in [1.807, 2.05) is 56.9 Å². The minimum absolute atomic E-state index is 0.0527. The lowest BCUT2D eigenvalue weighted by atomic mass is 9.72. The third-order valence-electron chi connectivity index (χ3n) is 5.26. The van der Waals surface area contributed by atoms with E-state index in [2.05, 4.69) is 0 Å². The van der Waals surface area contributed by atoms with Gasteiger partial charge in [-0.15, -0.1) is 0 Å². The molecule has 2 unspecified atom stereocenters. The topological polar surface area (TPSA) is 49.8 Å². The first kappa shape index (κ1) is 17.3. The van der Waals surface area contributed by atoms with Crippen LogP contribution in [0.5, 0.6) is 0 Å². The van der Waals surface area contributed by atoms with Gasteiger partial charge in [0.05, 0.1) is 5.60 Å². The van der Waals surface area contributed by atoms with Crippen molar-refractivity contribution in [2.45, 2.75) is 83.1 Å². The number of rotatable bonds is 1. The molecule has 1 amide bonds. The average Bonchev–Trinajstić information content (AvgIpc) is 2.44. The van der Waals surface area contributed by atoms with E-state index in [1.165, 1.54) is 0 Å². The maximum atomic E-state index is 12.7. The van der Waals surface area contributed by atoms with Gasteiger partial charge in [-0.3, -0.25) is 0 Å². The van der Waals surface area contributed by atoms with Crippen molar-refractivity contribution < 1.29 is 14.6 Å². The summed E-state index contributed by atoms with van der Waals surface area (Å²) in [6.45, 7) is 7.74. The predicted molar refractivity (Wildman–Crippen MR) is 93.8 cm³/mol. The molecule has 2 fully saturated rings. The molecule has 132 valence electrons. The fraction of sp³-hybridized carbons (Fsp3) is 0.650. The highest BCUT2D eigenvalue weighted by Crippen LogP contribution is 2.45. The largest absolute Gasteiger partial charge is 0.444 e. The summed E-state index contributed by atoms with van der Waals surface area (Å²) >= 11 is 0. The van der Waals surface area contributed by atoms with Crippen LogP contribution in [0, 0.1) is 6.92 Å². The minimum atomic E-state index is -0.848. The van der Waals surface area contributed by atoms with Gasteiger partial charge in [0.25, 0.3) is 0 Å². The van der Waals surface area contributed by atoms with Gasteiger partial charge in [-0.2, -0.15) is 0 Å². The summed E-state index contributed by atoms with van der Waals surface area (Å²) in [4.78, 5) is 14.6. The Balaban J connectivity index is 1.86. The summed E-state index contributed by atoms with van der Waals surface area (Å²) in [6.07, 6.45) is 3.93. The monoisotopic (exact) mass is 331 g/mol. The number of carbonyl (C=O) groups is 1. The summed E-state index contributed by atoms with van der Waals surface area (Å²) in [6, 6.07) is 8.15. The fourth-order valence-electron chi connectivity index (χ4n) is 4.36. The Labute approximate surface area is 144 Å². The lowest BCUT2D eigenvalue weighted by molar-refractivity contribution is -0.0967. The molecule has 2 bridgehead atoms. The number of carbonyl (C=O) groups excluding carboxylic acids is 1. The number of benzene rings is 1. The van der Waals surface area contributed by atoms with E-state index >= 15 is 0 Å². The van der Waals surface area contributed by atoms with Crippen LogP contribution in [0.15, 0.2) is 24.3 Å². The third kappa shape index (κ3) is 3.30. The highest BCUT2D eigenvalue weighted by Gasteiger charge is 2.49. The van der Waals surface area contributed by atoms with Crippen molar-refractivity contribution in [3.05, 3.63) is 35.4 Å². The van der Waals surface area contributed by atoms with Gasteiger partial charge in [0.1, 0.15) is 5.60 Å². The van der Waals surface area contributed by atoms with E-state index in [9.17, 15) is 9.90 Å². The molecule has 2 aliphatic heterocycles. The Morgan fingerprint density at radius 2 is 1.79 bits per heavy atom. The van der Waals surface area contributed by atoms with E-state index in [0.717, 1.165) is 30.4 Å². The van der Waals surface area contributed by atoms with Gasteiger partial charge in [0.15, 0.2) is 0 Å². The van der Waals surface area contributed by atoms with Crippen molar-refractivity contribution in [3.8, 4) is 0 Å². The number of fused-ring (bicyclic) bond motifs is 2. The molecular formula is C20H29NO3. The van der Waals surface area contributed by atoms with Crippen LogP contribution in [0.2, 0.25) is 0 Å². The number of hydrogen-bond donors (Lipinski definition) is 1. The van der Waals surface area contributed by atoms with Gasteiger partial charge < -0.3 is 14.7 Å². The molecule has 0 aliphatic carbocycles. The maximum Gasteiger partial charge on any atom is 0.410 e. The molecule has 4 nitrogen and oxygen atoms in total. The first-order valence-corrected chi connectivity index (χ1v) is 8.99. The Morgan fingerprint density at radius 1 is 1.21 bits per heavy atom. The number of aliphatic hydroxyl groups is 1. The van der Waals surface area contributed by atoms with Crippen LogP contribution in [-0.4, -0.2) is 33.8 Å². The van der Waals surface area contributed by atoms with Crippen LogP contribution >= 0.6 is 0 Å². The second-order valence-electron chi connectivity index (χ2n) is 8.38. The SMILES string of the molecule is Cc1ccccc1C1(O)CC2CCCC(C1)N2C(=O)OC(C)(C)C. The van der Waals surface area contributed by atoms with Gasteiger partial charge in [0.2, 0.25) is 0 Å². The second-order valence-corrected chi connectivity index (χ2v) is 8.38. The van der Waals surface area contributed by atoms with Crippen molar-refractivity contribution >= 4 is 6.09 Å². The standard InChI is InChI=1S/C20H29NO3/c1-14-8-5-6-11-17(14)20(23)12-15-9-7-10-16(13-20)21(15)18(22)24-19(2,3)4/h5-6,8,11,15-16,23H,7,9-10,12-13H2,1-4H3. The lowest BCUT2D eigenvalue weighted by Crippen LogP contribution is -2.59. The summed E-state index contributed by atoms with van der Waals surface area (Å²) in [7, 11) is 0. The van der Waals surface area contributed by atoms with Crippen molar-refractivity contribution in [1.82, 2.24) is 4.90 Å². The van der Waals surface area contributed by atoms with Crippen LogP contribution in [0.4, 0.5) is 4.79 Å². The Bertz CT molecular complexity index is 606.